The van der Waals surface area contributed by atoms with Crippen LogP contribution in [-0.2, 0) is 65.3 Å². The van der Waals surface area contributed by atoms with Crippen molar-refractivity contribution < 1.29 is 75.8 Å². The molecule has 7 aliphatic rings. The molecule has 0 spiro atoms. The molecule has 9 aromatic carbocycles. The predicted molar refractivity (Wildman–Crippen MR) is 493 cm³/mol. The Morgan fingerprint density at radius 1 is 0.492 bits per heavy atom. The number of para-hydroxylation sites is 2. The van der Waals surface area contributed by atoms with Crippen molar-refractivity contribution in [2.75, 3.05) is 91.2 Å². The molecule has 2 aromatic heterocycles. The van der Waals surface area contributed by atoms with Gasteiger partial charge in [0.25, 0.3) is 0 Å². The molecule has 654 valence electrons. The number of nitrogens with zero attached hydrogens (tertiary/aromatic N) is 3. The number of ether oxygens (including phenoxy) is 11. The topological polar surface area (TPSA) is 286 Å². The number of hydrogen-bond donors (Lipinski definition) is 5. The number of nitrogen functional groups attached to an aromatic ring is 1. The Kier molecular flexibility index (Phi) is 25.9. The van der Waals surface area contributed by atoms with E-state index in [1.165, 1.54) is 0 Å². The van der Waals surface area contributed by atoms with Crippen LogP contribution >= 0.6 is 15.9 Å². The minimum absolute atomic E-state index is 0.124. The largest absolute Gasteiger partial charge is 0.497 e. The molecule has 0 unspecified atom stereocenters. The van der Waals surface area contributed by atoms with Crippen LogP contribution in [0, 0.1) is 0 Å². The van der Waals surface area contributed by atoms with Crippen LogP contribution in [0.1, 0.15) is 140 Å². The number of pyridine rings is 2. The molecule has 126 heavy (non-hydrogen) atoms. The van der Waals surface area contributed by atoms with Crippen LogP contribution in [0.4, 0.5) is 48.5 Å². The molecule has 11 aromatic rings. The summed E-state index contributed by atoms with van der Waals surface area (Å²) in [6, 6.07) is 62.1. The number of fused-ring (bicyclic) bond motifs is 8. The lowest BCUT2D eigenvalue weighted by Gasteiger charge is -2.32. The van der Waals surface area contributed by atoms with E-state index >= 15 is 0 Å². The van der Waals surface area contributed by atoms with Crippen LogP contribution in [0.25, 0.3) is 22.5 Å². The maximum atomic E-state index is 12.4. The molecule has 27 heteroatoms. The Balaban J connectivity index is 0.000000133. The number of H-pyrrole nitrogens is 1. The number of anilines is 6. The fraction of sp³-hybridized carbons (Fsp3) is 0.323. The first kappa shape index (κ1) is 88.3. The van der Waals surface area contributed by atoms with E-state index in [0.717, 1.165) is 185 Å². The predicted octanol–water partition coefficient (Wildman–Crippen LogP) is 20.9. The van der Waals surface area contributed by atoms with Gasteiger partial charge in [0, 0.05) is 148 Å². The second kappa shape index (κ2) is 37.0. The average Bonchev–Trinajstić information content (AvgIpc) is 1.54. The number of benzene rings is 9. The van der Waals surface area contributed by atoms with Crippen LogP contribution in [0.3, 0.4) is 0 Å². The lowest BCUT2D eigenvalue weighted by atomic mass is 9.74. The first-order valence-corrected chi connectivity index (χ1v) is 43.0. The summed E-state index contributed by atoms with van der Waals surface area (Å²) in [5, 5.41) is 8.32. The van der Waals surface area contributed by atoms with Crippen LogP contribution < -0.4 is 70.9 Å². The fourth-order valence-corrected chi connectivity index (χ4v) is 15.7. The second-order valence-corrected chi connectivity index (χ2v) is 36.4. The van der Waals surface area contributed by atoms with Gasteiger partial charge in [0.15, 0.2) is 0 Å². The zero-order valence-corrected chi connectivity index (χ0v) is 75.1. The molecular weight excluding hydrogens is 1660 g/mol. The third-order valence-corrected chi connectivity index (χ3v) is 22.7. The Bertz CT molecular complexity index is 5930. The number of carbonyl (C=O) groups excluding carboxylic acids is 3. The lowest BCUT2D eigenvalue weighted by molar-refractivity contribution is 0.00578. The summed E-state index contributed by atoms with van der Waals surface area (Å²) in [5.41, 5.74) is 21.6. The number of carbonyl (C=O) groups is 3. The van der Waals surface area contributed by atoms with Crippen molar-refractivity contribution >= 4 is 80.9 Å². The van der Waals surface area contributed by atoms with Crippen LogP contribution in [0.15, 0.2) is 203 Å². The molecule has 18 rings (SSSR count). The average molecular weight is 1770 g/mol. The SMILES string of the molecule is CC(C)(C)OC(=O)Nc1ccc2c(c1)Oc1cccc(B3OC(C)(C)C(C)(C)O3)c1C2.CC(C)(C)OC(=O)Nc1ccc2c(c1)Oc1cccc(Br)c1C2.COc1ccc(COc2cc(N3CCOCC3)cc(-c3cccc4c3Oc3ccc(NC(=O)OC(C)(C)C)cc3C4)n2)cc1.Nc1ccc2c(c1)Cc1cccc(-c3cc(N4CCOCC4)cc(=O)[nH]3)c1O2. The molecule has 3 fully saturated rings. The molecule has 0 atom stereocenters. The minimum atomic E-state index is -0.579. The molecule has 3 amide bonds. The van der Waals surface area contributed by atoms with E-state index in [9.17, 15) is 19.2 Å². The van der Waals surface area contributed by atoms with Crippen molar-refractivity contribution in [1.29, 1.82) is 0 Å². The number of aromatic amines is 1. The summed E-state index contributed by atoms with van der Waals surface area (Å²) in [5.74, 6) is 7.50. The van der Waals surface area contributed by atoms with Crippen LogP contribution in [0.2, 0.25) is 0 Å². The third-order valence-electron chi connectivity index (χ3n) is 22.0. The monoisotopic (exact) mass is 1770 g/mol. The smallest absolute Gasteiger partial charge is 0.495 e. The van der Waals surface area contributed by atoms with Crippen LogP contribution in [-0.4, -0.2) is 123 Å². The van der Waals surface area contributed by atoms with Gasteiger partial charge in [0.1, 0.15) is 75.2 Å². The molecule has 7 aliphatic heterocycles. The summed E-state index contributed by atoms with van der Waals surface area (Å²) in [6.45, 7) is 30.9. The van der Waals surface area contributed by atoms with Gasteiger partial charge in [-0.15, -0.1) is 0 Å². The highest BCUT2D eigenvalue weighted by Gasteiger charge is 2.53. The zero-order chi connectivity index (χ0) is 89.0. The maximum absolute atomic E-state index is 12.4. The fourth-order valence-electron chi connectivity index (χ4n) is 15.2. The minimum Gasteiger partial charge on any atom is -0.497 e. The maximum Gasteiger partial charge on any atom is 0.495 e. The lowest BCUT2D eigenvalue weighted by Crippen LogP contribution is -2.41. The van der Waals surface area contributed by atoms with E-state index in [1.54, 1.807) is 13.2 Å². The number of rotatable bonds is 12. The summed E-state index contributed by atoms with van der Waals surface area (Å²) in [6.07, 6.45) is 1.41. The molecule has 0 saturated carbocycles. The standard InChI is InChI=1S/C35H37N3O6.C24H30BNO5.C22H21N3O3.C18H18BrNO3/c1-35(2,3)44-34(39)36-26-10-13-31-25(19-26)18-24-6-5-7-29(33(24)43-31)30-20-27(38-14-16-41-17-15-38)21-32(37-30)42-22-23-8-11-28(40-4)12-9-23;1-22(2,3)29-21(27)26-16-12-11-15-13-17-18(9-8-10-19(17)28-20(15)14-16)25-30-23(4,5)24(6,7)31-25;23-16-4-5-20-15(11-16)10-14-2-1-3-18(22(14)28-20)19-12-17(13-21(26)24-19)25-6-8-27-9-7-25;1-18(2,3)23-17(21)20-12-8-7-11-9-13-14(19)5-4-6-15(13)22-16(11)10-12/h5-13,19-21H,14-18,22H2,1-4H3,(H,36,39);8-12,14H,13H2,1-7H3,(H,26,27);1-5,11-13H,6-10,23H2,(H,24,26);4-8,10H,9H2,1-3H3,(H,20,21). The van der Waals surface area contributed by atoms with Gasteiger partial charge >= 0.3 is 25.4 Å². The van der Waals surface area contributed by atoms with Crippen molar-refractivity contribution in [3.05, 3.63) is 259 Å². The normalized spacial score (nSPS) is 15.3. The molecule has 0 radical (unpaired) electrons. The zero-order valence-electron chi connectivity index (χ0n) is 73.5. The molecular formula is C99H106BBrN8O17. The quantitative estimate of drug-likeness (QED) is 0.0431. The summed E-state index contributed by atoms with van der Waals surface area (Å²) < 4.78 is 77.0. The van der Waals surface area contributed by atoms with Gasteiger partial charge in [0.05, 0.1) is 56.1 Å². The van der Waals surface area contributed by atoms with Gasteiger partial charge in [-0.05, 0) is 226 Å². The van der Waals surface area contributed by atoms with Crippen molar-refractivity contribution in [2.24, 2.45) is 0 Å². The van der Waals surface area contributed by atoms with Gasteiger partial charge in [-0.2, -0.15) is 0 Å². The van der Waals surface area contributed by atoms with Crippen molar-refractivity contribution in [1.82, 2.24) is 9.97 Å². The van der Waals surface area contributed by atoms with Gasteiger partial charge < -0.3 is 81.9 Å². The highest BCUT2D eigenvalue weighted by atomic mass is 79.9. The van der Waals surface area contributed by atoms with Gasteiger partial charge in [0.2, 0.25) is 11.4 Å². The van der Waals surface area contributed by atoms with Gasteiger partial charge in [-0.25, -0.2) is 19.4 Å². The van der Waals surface area contributed by atoms with Crippen molar-refractivity contribution in [3.8, 4) is 80.1 Å². The Morgan fingerprint density at radius 2 is 0.976 bits per heavy atom. The molecule has 25 nitrogen and oxygen atoms in total. The number of amides is 3. The second-order valence-electron chi connectivity index (χ2n) is 35.5. The first-order chi connectivity index (χ1) is 60.1. The Hall–Kier alpha value is -12.5. The molecule has 0 aliphatic carbocycles. The first-order valence-electron chi connectivity index (χ1n) is 42.2. The summed E-state index contributed by atoms with van der Waals surface area (Å²) in [7, 11) is 1.21. The van der Waals surface area contributed by atoms with Gasteiger partial charge in [-0.1, -0.05) is 82.7 Å². The highest BCUT2D eigenvalue weighted by Crippen LogP contribution is 2.48. The Labute approximate surface area is 743 Å². The van der Waals surface area contributed by atoms with E-state index < -0.39 is 53.4 Å². The van der Waals surface area contributed by atoms with Crippen LogP contribution in [0.5, 0.6) is 57.6 Å². The molecule has 0 bridgehead atoms. The van der Waals surface area contributed by atoms with E-state index in [4.69, 9.17) is 72.1 Å². The number of morpholine rings is 2. The Morgan fingerprint density at radius 3 is 1.53 bits per heavy atom. The molecule has 3 saturated heterocycles. The van der Waals surface area contributed by atoms with Crippen molar-refractivity contribution in [3.63, 3.8) is 0 Å². The number of methoxy groups -OCH3 is 1. The summed E-state index contributed by atoms with van der Waals surface area (Å²) in [4.78, 5) is 61.0. The van der Waals surface area contributed by atoms with E-state index in [1.807, 2.05) is 260 Å². The number of nitrogens with two attached hydrogens (primary N) is 1. The van der Waals surface area contributed by atoms with Gasteiger partial charge in [-0.3, -0.25) is 20.7 Å². The number of hydrogen-bond acceptors (Lipinski definition) is 21. The van der Waals surface area contributed by atoms with E-state index in [0.29, 0.717) is 74.6 Å². The third kappa shape index (κ3) is 21.7. The van der Waals surface area contributed by atoms with Crippen molar-refractivity contribution in [2.45, 2.75) is 150 Å². The highest BCUT2D eigenvalue weighted by molar-refractivity contribution is 9.10. The summed E-state index contributed by atoms with van der Waals surface area (Å²) >= 11 is 3.56. The van der Waals surface area contributed by atoms with E-state index in [2.05, 4.69) is 64.9 Å². The number of halogens is 1. The number of nitrogens with one attached hydrogen (secondary N) is 4. The molecule has 6 N–H and O–H groups in total. The number of aromatic nitrogens is 2. The molecule has 9 heterocycles. The van der Waals surface area contributed by atoms with E-state index in [-0.39, 0.29) is 5.56 Å².